The first-order valence-electron chi connectivity index (χ1n) is 7.11. The Kier molecular flexibility index (Phi) is 7.62. The van der Waals surface area contributed by atoms with Crippen LogP contribution in [0, 0.1) is 5.92 Å². The summed E-state index contributed by atoms with van der Waals surface area (Å²) in [5.41, 5.74) is 0. The van der Waals surface area contributed by atoms with Gasteiger partial charge in [0.15, 0.2) is 0 Å². The molecule has 0 aromatic carbocycles. The summed E-state index contributed by atoms with van der Waals surface area (Å²) in [5, 5.41) is 0. The van der Waals surface area contributed by atoms with Crippen molar-refractivity contribution in [1.29, 1.82) is 0 Å². The molecule has 1 aliphatic rings. The highest BCUT2D eigenvalue weighted by Gasteiger charge is 2.30. The van der Waals surface area contributed by atoms with Gasteiger partial charge >= 0.3 is 17.9 Å². The first-order valence-corrected chi connectivity index (χ1v) is 7.11. The molecule has 1 rings (SSSR count). The van der Waals surface area contributed by atoms with Crippen molar-refractivity contribution in [1.82, 2.24) is 0 Å². The minimum absolute atomic E-state index is 0.147. The van der Waals surface area contributed by atoms with E-state index in [0.717, 1.165) is 38.5 Å². The first kappa shape index (κ1) is 16.4. The molecule has 5 heteroatoms. The summed E-state index contributed by atoms with van der Waals surface area (Å²) in [5.74, 6) is -1.40. The largest absolute Gasteiger partial charge is 0.469 e. The first-order chi connectivity index (χ1) is 9.63. The number of ether oxygens (including phenoxy) is 2. The molecule has 1 aliphatic heterocycles. The van der Waals surface area contributed by atoms with Gasteiger partial charge in [-0.3, -0.25) is 14.4 Å². The van der Waals surface area contributed by atoms with E-state index in [2.05, 4.69) is 9.47 Å². The summed E-state index contributed by atoms with van der Waals surface area (Å²) in [6.45, 7) is 0. The van der Waals surface area contributed by atoms with Gasteiger partial charge in [0.2, 0.25) is 0 Å². The molecule has 1 saturated heterocycles. The average Bonchev–Trinajstić information content (AvgIpc) is 2.74. The van der Waals surface area contributed by atoms with Crippen molar-refractivity contribution in [2.24, 2.45) is 5.92 Å². The van der Waals surface area contributed by atoms with Gasteiger partial charge in [-0.15, -0.1) is 0 Å². The number of hydrogen-bond acceptors (Lipinski definition) is 5. The van der Waals surface area contributed by atoms with Crippen LogP contribution in [0.1, 0.15) is 51.4 Å². The van der Waals surface area contributed by atoms with E-state index in [1.807, 2.05) is 6.08 Å². The standard InChI is InChI=1S/C15H22O5/c1-19-13(16)10-8-6-4-2-3-5-7-9-12-11-14(17)20-15(12)18/h7,9,12H,2-6,8,10-11H2,1H3/b9-7+. The molecular formula is C15H22O5. The molecule has 0 saturated carbocycles. The quantitative estimate of drug-likeness (QED) is 0.281. The van der Waals surface area contributed by atoms with E-state index in [1.54, 1.807) is 6.08 Å². The third-order valence-corrected chi connectivity index (χ3v) is 3.25. The van der Waals surface area contributed by atoms with Crippen LogP contribution in [0.15, 0.2) is 12.2 Å². The molecule has 0 spiro atoms. The van der Waals surface area contributed by atoms with Crippen LogP contribution >= 0.6 is 0 Å². The fraction of sp³-hybridized carbons (Fsp3) is 0.667. The molecule has 1 atom stereocenters. The molecule has 1 fully saturated rings. The highest BCUT2D eigenvalue weighted by Crippen LogP contribution is 2.17. The summed E-state index contributed by atoms with van der Waals surface area (Å²) < 4.78 is 9.02. The van der Waals surface area contributed by atoms with E-state index in [1.165, 1.54) is 7.11 Å². The molecule has 0 radical (unpaired) electrons. The minimum Gasteiger partial charge on any atom is -0.469 e. The summed E-state index contributed by atoms with van der Waals surface area (Å²) in [6.07, 6.45) is 10.4. The summed E-state index contributed by atoms with van der Waals surface area (Å²) in [7, 11) is 1.41. The lowest BCUT2D eigenvalue weighted by atomic mass is 10.1. The van der Waals surface area contributed by atoms with Crippen LogP contribution in [0.5, 0.6) is 0 Å². The zero-order valence-corrected chi connectivity index (χ0v) is 11.9. The van der Waals surface area contributed by atoms with E-state index in [-0.39, 0.29) is 18.3 Å². The van der Waals surface area contributed by atoms with Crippen molar-refractivity contribution in [3.63, 3.8) is 0 Å². The molecule has 0 aromatic heterocycles. The van der Waals surface area contributed by atoms with E-state index >= 15 is 0 Å². The molecule has 5 nitrogen and oxygen atoms in total. The van der Waals surface area contributed by atoms with E-state index in [9.17, 15) is 14.4 Å². The number of allylic oxidation sites excluding steroid dienone is 1. The van der Waals surface area contributed by atoms with Crippen LogP contribution in [-0.2, 0) is 23.9 Å². The van der Waals surface area contributed by atoms with E-state index < -0.39 is 11.9 Å². The summed E-state index contributed by atoms with van der Waals surface area (Å²) in [6, 6.07) is 0. The van der Waals surface area contributed by atoms with Crippen LogP contribution < -0.4 is 0 Å². The lowest BCUT2D eigenvalue weighted by molar-refractivity contribution is -0.152. The third kappa shape index (κ3) is 6.50. The number of rotatable bonds is 9. The molecule has 0 bridgehead atoms. The number of carbonyl (C=O) groups excluding carboxylic acids is 3. The Morgan fingerprint density at radius 2 is 1.95 bits per heavy atom. The Balaban J connectivity index is 1.96. The number of cyclic esters (lactones) is 2. The van der Waals surface area contributed by atoms with Crippen molar-refractivity contribution in [2.45, 2.75) is 51.4 Å². The Bertz CT molecular complexity index is 372. The Hall–Kier alpha value is -1.65. The minimum atomic E-state index is -0.436. The topological polar surface area (TPSA) is 69.7 Å². The molecule has 1 heterocycles. The van der Waals surface area contributed by atoms with Crippen molar-refractivity contribution < 1.29 is 23.9 Å². The maximum atomic E-state index is 11.2. The number of hydrogen-bond donors (Lipinski definition) is 0. The molecule has 1 unspecified atom stereocenters. The fourth-order valence-corrected chi connectivity index (χ4v) is 2.06. The van der Waals surface area contributed by atoms with Crippen molar-refractivity contribution >= 4 is 17.9 Å². The van der Waals surface area contributed by atoms with Gasteiger partial charge in [-0.25, -0.2) is 0 Å². The van der Waals surface area contributed by atoms with Crippen molar-refractivity contribution in [2.75, 3.05) is 7.11 Å². The highest BCUT2D eigenvalue weighted by molar-refractivity contribution is 5.95. The van der Waals surface area contributed by atoms with Gasteiger partial charge in [-0.05, 0) is 19.3 Å². The van der Waals surface area contributed by atoms with Gasteiger partial charge in [0, 0.05) is 6.42 Å². The second kappa shape index (κ2) is 9.28. The van der Waals surface area contributed by atoms with Gasteiger partial charge in [-0.1, -0.05) is 31.4 Å². The van der Waals surface area contributed by atoms with Gasteiger partial charge < -0.3 is 9.47 Å². The van der Waals surface area contributed by atoms with Gasteiger partial charge in [0.05, 0.1) is 19.4 Å². The summed E-state index contributed by atoms with van der Waals surface area (Å²) >= 11 is 0. The van der Waals surface area contributed by atoms with Gasteiger partial charge in [0.25, 0.3) is 0 Å². The zero-order chi connectivity index (χ0) is 14.8. The predicted molar refractivity (Wildman–Crippen MR) is 72.7 cm³/mol. The van der Waals surface area contributed by atoms with Crippen LogP contribution in [0.3, 0.4) is 0 Å². The van der Waals surface area contributed by atoms with Gasteiger partial charge in [0.1, 0.15) is 0 Å². The van der Waals surface area contributed by atoms with Crippen molar-refractivity contribution in [3.05, 3.63) is 12.2 Å². The molecule has 0 aliphatic carbocycles. The number of esters is 3. The normalized spacial score (nSPS) is 18.6. The van der Waals surface area contributed by atoms with Crippen LogP contribution in [0.25, 0.3) is 0 Å². The lowest BCUT2D eigenvalue weighted by Gasteiger charge is -2.00. The number of unbranched alkanes of at least 4 members (excludes halogenated alkanes) is 5. The SMILES string of the molecule is COC(=O)CCCCCCC/C=C/C1CC(=O)OC1=O. The second-order valence-electron chi connectivity index (χ2n) is 4.91. The molecular weight excluding hydrogens is 260 g/mol. The Morgan fingerprint density at radius 3 is 2.60 bits per heavy atom. The summed E-state index contributed by atoms with van der Waals surface area (Å²) in [4.78, 5) is 32.9. The zero-order valence-electron chi connectivity index (χ0n) is 11.9. The van der Waals surface area contributed by atoms with E-state index in [4.69, 9.17) is 0 Å². The molecule has 0 amide bonds. The lowest BCUT2D eigenvalue weighted by Crippen LogP contribution is -2.03. The maximum Gasteiger partial charge on any atom is 0.321 e. The monoisotopic (exact) mass is 282 g/mol. The second-order valence-corrected chi connectivity index (χ2v) is 4.91. The molecule has 0 aromatic rings. The highest BCUT2D eigenvalue weighted by atomic mass is 16.6. The number of carbonyl (C=O) groups is 3. The Morgan fingerprint density at radius 1 is 1.25 bits per heavy atom. The van der Waals surface area contributed by atoms with Crippen LogP contribution in [0.2, 0.25) is 0 Å². The van der Waals surface area contributed by atoms with Crippen molar-refractivity contribution in [3.8, 4) is 0 Å². The molecule has 112 valence electrons. The molecule has 20 heavy (non-hydrogen) atoms. The Labute approximate surface area is 119 Å². The maximum absolute atomic E-state index is 11.2. The average molecular weight is 282 g/mol. The fourth-order valence-electron chi connectivity index (χ4n) is 2.06. The van der Waals surface area contributed by atoms with Gasteiger partial charge in [-0.2, -0.15) is 0 Å². The predicted octanol–water partition coefficient (Wildman–Crippen LogP) is 2.54. The van der Waals surface area contributed by atoms with E-state index in [0.29, 0.717) is 6.42 Å². The number of methoxy groups -OCH3 is 1. The molecule has 0 N–H and O–H groups in total. The van der Waals surface area contributed by atoms with Crippen LogP contribution in [0.4, 0.5) is 0 Å². The van der Waals surface area contributed by atoms with Crippen LogP contribution in [-0.4, -0.2) is 25.0 Å². The third-order valence-electron chi connectivity index (χ3n) is 3.25. The smallest absolute Gasteiger partial charge is 0.321 e.